The van der Waals surface area contributed by atoms with E-state index in [9.17, 15) is 4.79 Å². The number of carbonyl (C=O) groups is 1. The van der Waals surface area contributed by atoms with Crippen LogP contribution in [-0.2, 0) is 6.61 Å². The number of nitrogens with one attached hydrogen (secondary N) is 1. The molecular weight excluding hydrogens is 366 g/mol. The first-order valence-electron chi connectivity index (χ1n) is 9.35. The van der Waals surface area contributed by atoms with Crippen molar-refractivity contribution in [3.8, 4) is 11.4 Å². The molecule has 0 aliphatic carbocycles. The lowest BCUT2D eigenvalue weighted by Gasteiger charge is -2.14. The van der Waals surface area contributed by atoms with E-state index in [0.29, 0.717) is 5.76 Å². The van der Waals surface area contributed by atoms with Crippen LogP contribution in [0.3, 0.4) is 0 Å². The Labute approximate surface area is 168 Å². The van der Waals surface area contributed by atoms with Gasteiger partial charge < -0.3 is 19.0 Å². The summed E-state index contributed by atoms with van der Waals surface area (Å²) in [4.78, 5) is 16.6. The summed E-state index contributed by atoms with van der Waals surface area (Å²) in [5.74, 6) is 1.35. The second kappa shape index (κ2) is 8.48. The van der Waals surface area contributed by atoms with Crippen LogP contribution in [0.1, 0.15) is 34.8 Å². The Morgan fingerprint density at radius 3 is 2.62 bits per heavy atom. The van der Waals surface area contributed by atoms with E-state index < -0.39 is 0 Å². The Hall–Kier alpha value is -3.80. The van der Waals surface area contributed by atoms with Crippen molar-refractivity contribution < 1.29 is 13.9 Å². The van der Waals surface area contributed by atoms with Gasteiger partial charge in [0.1, 0.15) is 18.1 Å². The van der Waals surface area contributed by atoms with Gasteiger partial charge in [0.2, 0.25) is 0 Å². The molecule has 2 aromatic carbocycles. The first kappa shape index (κ1) is 18.6. The summed E-state index contributed by atoms with van der Waals surface area (Å²) in [6, 6.07) is 20.7. The molecule has 1 N–H and O–H groups in total. The first-order valence-corrected chi connectivity index (χ1v) is 9.35. The zero-order chi connectivity index (χ0) is 20.1. The molecule has 2 aromatic heterocycles. The summed E-state index contributed by atoms with van der Waals surface area (Å²) in [5, 5.41) is 2.96. The van der Waals surface area contributed by atoms with E-state index in [0.717, 1.165) is 17.0 Å². The van der Waals surface area contributed by atoms with Crippen molar-refractivity contribution >= 4 is 5.91 Å². The average Bonchev–Trinajstić information content (AvgIpc) is 3.45. The normalized spacial score (nSPS) is 11.8. The minimum atomic E-state index is -0.262. The highest BCUT2D eigenvalue weighted by Crippen LogP contribution is 2.18. The van der Waals surface area contributed by atoms with Crippen molar-refractivity contribution in [1.82, 2.24) is 14.9 Å². The van der Waals surface area contributed by atoms with Gasteiger partial charge in [-0.05, 0) is 48.9 Å². The van der Waals surface area contributed by atoms with E-state index in [4.69, 9.17) is 9.15 Å². The molecule has 0 aliphatic rings. The number of benzene rings is 2. The number of para-hydroxylation sites is 1. The topological polar surface area (TPSA) is 69.3 Å². The summed E-state index contributed by atoms with van der Waals surface area (Å²) >= 11 is 0. The van der Waals surface area contributed by atoms with Crippen molar-refractivity contribution in [3.05, 3.63) is 103 Å². The van der Waals surface area contributed by atoms with Gasteiger partial charge >= 0.3 is 0 Å². The standard InChI is InChI=1S/C23H21N3O3/c1-17(18-7-9-19(10-8-18)26-14-13-24-16-26)25-23(27)22-12-11-21(29-22)15-28-20-5-3-2-4-6-20/h2-14,16-17H,15H2,1H3,(H,25,27)/t17-/m1/s1. The van der Waals surface area contributed by atoms with E-state index in [-0.39, 0.29) is 24.3 Å². The number of rotatable bonds is 7. The van der Waals surface area contributed by atoms with Gasteiger partial charge in [0, 0.05) is 18.1 Å². The zero-order valence-electron chi connectivity index (χ0n) is 16.0. The first-order chi connectivity index (χ1) is 14.2. The molecule has 146 valence electrons. The molecule has 0 saturated heterocycles. The lowest BCUT2D eigenvalue weighted by atomic mass is 10.1. The molecule has 4 rings (SSSR count). The van der Waals surface area contributed by atoms with E-state index in [1.165, 1.54) is 0 Å². The number of furan rings is 1. The molecule has 4 aromatic rings. The van der Waals surface area contributed by atoms with E-state index >= 15 is 0 Å². The van der Waals surface area contributed by atoms with Crippen LogP contribution in [0.5, 0.6) is 5.75 Å². The Balaban J connectivity index is 1.34. The summed E-state index contributed by atoms with van der Waals surface area (Å²) in [6.45, 7) is 2.20. The molecule has 0 bridgehead atoms. The molecule has 2 heterocycles. The number of hydrogen-bond acceptors (Lipinski definition) is 4. The third-order valence-electron chi connectivity index (χ3n) is 4.55. The van der Waals surface area contributed by atoms with Gasteiger partial charge in [-0.15, -0.1) is 0 Å². The highest BCUT2D eigenvalue weighted by molar-refractivity contribution is 5.91. The molecule has 0 aliphatic heterocycles. The predicted octanol–water partition coefficient (Wildman–Crippen LogP) is 4.54. The molecule has 6 heteroatoms. The van der Waals surface area contributed by atoms with Gasteiger partial charge in [0.25, 0.3) is 5.91 Å². The quantitative estimate of drug-likeness (QED) is 0.506. The summed E-state index contributed by atoms with van der Waals surface area (Å²) < 4.78 is 13.2. The Morgan fingerprint density at radius 1 is 1.10 bits per heavy atom. The van der Waals surface area contributed by atoms with Gasteiger partial charge in [-0.1, -0.05) is 30.3 Å². The molecule has 1 amide bonds. The van der Waals surface area contributed by atoms with Crippen molar-refractivity contribution in [2.45, 2.75) is 19.6 Å². The van der Waals surface area contributed by atoms with Crippen LogP contribution in [0.4, 0.5) is 0 Å². The third kappa shape index (κ3) is 4.55. The molecule has 0 radical (unpaired) electrons. The fourth-order valence-corrected chi connectivity index (χ4v) is 2.95. The maximum atomic E-state index is 12.5. The van der Waals surface area contributed by atoms with Crippen molar-refractivity contribution in [1.29, 1.82) is 0 Å². The third-order valence-corrected chi connectivity index (χ3v) is 4.55. The Kier molecular flexibility index (Phi) is 5.42. The summed E-state index contributed by atoms with van der Waals surface area (Å²) in [7, 11) is 0. The van der Waals surface area contributed by atoms with Crippen LogP contribution in [0.25, 0.3) is 5.69 Å². The lowest BCUT2D eigenvalue weighted by Crippen LogP contribution is -2.26. The van der Waals surface area contributed by atoms with Gasteiger partial charge in [-0.3, -0.25) is 4.79 Å². The number of imidazole rings is 1. The molecule has 29 heavy (non-hydrogen) atoms. The fraction of sp³-hybridized carbons (Fsp3) is 0.130. The Morgan fingerprint density at radius 2 is 1.90 bits per heavy atom. The SMILES string of the molecule is C[C@@H](NC(=O)c1ccc(COc2ccccc2)o1)c1ccc(-n2ccnc2)cc1. The van der Waals surface area contributed by atoms with Gasteiger partial charge in [-0.25, -0.2) is 4.98 Å². The number of amides is 1. The number of ether oxygens (including phenoxy) is 1. The van der Waals surface area contributed by atoms with E-state index in [1.54, 1.807) is 24.7 Å². The maximum absolute atomic E-state index is 12.5. The van der Waals surface area contributed by atoms with Crippen molar-refractivity contribution in [2.75, 3.05) is 0 Å². The van der Waals surface area contributed by atoms with Crippen LogP contribution in [0.15, 0.2) is 89.9 Å². The van der Waals surface area contributed by atoms with E-state index in [1.807, 2.05) is 72.3 Å². The van der Waals surface area contributed by atoms with Crippen molar-refractivity contribution in [2.24, 2.45) is 0 Å². The zero-order valence-corrected chi connectivity index (χ0v) is 16.0. The fourth-order valence-electron chi connectivity index (χ4n) is 2.95. The molecule has 6 nitrogen and oxygen atoms in total. The number of hydrogen-bond donors (Lipinski definition) is 1. The van der Waals surface area contributed by atoms with Crippen LogP contribution in [0.2, 0.25) is 0 Å². The highest BCUT2D eigenvalue weighted by atomic mass is 16.5. The largest absolute Gasteiger partial charge is 0.486 e. The molecular formula is C23H21N3O3. The number of nitrogens with zero attached hydrogens (tertiary/aromatic N) is 2. The smallest absolute Gasteiger partial charge is 0.287 e. The van der Waals surface area contributed by atoms with Crippen LogP contribution in [0, 0.1) is 0 Å². The van der Waals surface area contributed by atoms with Gasteiger partial charge in [0.15, 0.2) is 5.76 Å². The van der Waals surface area contributed by atoms with Crippen LogP contribution >= 0.6 is 0 Å². The monoisotopic (exact) mass is 387 g/mol. The van der Waals surface area contributed by atoms with Gasteiger partial charge in [0.05, 0.1) is 12.4 Å². The molecule has 0 saturated carbocycles. The number of aromatic nitrogens is 2. The second-order valence-corrected chi connectivity index (χ2v) is 6.62. The highest BCUT2D eigenvalue weighted by Gasteiger charge is 2.15. The van der Waals surface area contributed by atoms with E-state index in [2.05, 4.69) is 10.3 Å². The maximum Gasteiger partial charge on any atom is 0.287 e. The minimum Gasteiger partial charge on any atom is -0.486 e. The van der Waals surface area contributed by atoms with Crippen molar-refractivity contribution in [3.63, 3.8) is 0 Å². The molecule has 1 atom stereocenters. The molecule has 0 unspecified atom stereocenters. The van der Waals surface area contributed by atoms with Crippen LogP contribution < -0.4 is 10.1 Å². The molecule has 0 fully saturated rings. The predicted molar refractivity (Wildman–Crippen MR) is 109 cm³/mol. The van der Waals surface area contributed by atoms with Gasteiger partial charge in [-0.2, -0.15) is 0 Å². The molecule has 0 spiro atoms. The summed E-state index contributed by atoms with van der Waals surface area (Å²) in [5.41, 5.74) is 2.01. The lowest BCUT2D eigenvalue weighted by molar-refractivity contribution is 0.0907. The minimum absolute atomic E-state index is 0.159. The van der Waals surface area contributed by atoms with Crippen LogP contribution in [-0.4, -0.2) is 15.5 Å². The average molecular weight is 387 g/mol. The summed E-state index contributed by atoms with van der Waals surface area (Å²) in [6.07, 6.45) is 5.37. The Bertz CT molecular complexity index is 1050. The second-order valence-electron chi connectivity index (χ2n) is 6.62. The number of carbonyl (C=O) groups excluding carboxylic acids is 1.